The molecule has 1 fully saturated rings. The lowest BCUT2D eigenvalue weighted by Crippen LogP contribution is -2.12. The maximum atomic E-state index is 6.11. The minimum absolute atomic E-state index is 0.345. The number of nitrogens with one attached hydrogen (secondary N) is 1. The lowest BCUT2D eigenvalue weighted by atomic mass is 10.1. The van der Waals surface area contributed by atoms with Crippen LogP contribution in [0.25, 0.3) is 0 Å². The molecule has 0 unspecified atom stereocenters. The quantitative estimate of drug-likeness (QED) is 0.820. The van der Waals surface area contributed by atoms with Crippen LogP contribution in [-0.4, -0.2) is 11.5 Å². The van der Waals surface area contributed by atoms with Crippen LogP contribution in [0.5, 0.6) is 0 Å². The van der Waals surface area contributed by atoms with Gasteiger partial charge >= 0.3 is 0 Å². The Bertz CT molecular complexity index is 414. The summed E-state index contributed by atoms with van der Waals surface area (Å²) in [6.45, 7) is 1.03. The number of halogens is 1. The van der Waals surface area contributed by atoms with Crippen LogP contribution >= 0.6 is 23.8 Å². The van der Waals surface area contributed by atoms with Gasteiger partial charge in [-0.2, -0.15) is 0 Å². The minimum Gasteiger partial charge on any atom is -0.389 e. The van der Waals surface area contributed by atoms with E-state index in [-0.39, 0.29) is 0 Å². The van der Waals surface area contributed by atoms with Gasteiger partial charge in [-0.3, -0.25) is 0 Å². The number of anilines is 1. The molecule has 0 bridgehead atoms. The topological polar surface area (TPSA) is 38.0 Å². The van der Waals surface area contributed by atoms with E-state index in [4.69, 9.17) is 29.6 Å². The standard InChI is InChI=1S/C13H17ClN2S/c14-12-7-10(5-6-11(12)13(15)17)16-8-9-3-1-2-4-9/h5-7,9,16H,1-4,8H2,(H2,15,17). The fraction of sp³-hybridized carbons (Fsp3) is 0.462. The zero-order valence-corrected chi connectivity index (χ0v) is 11.3. The summed E-state index contributed by atoms with van der Waals surface area (Å²) in [6.07, 6.45) is 5.42. The Morgan fingerprint density at radius 2 is 2.12 bits per heavy atom. The molecule has 0 heterocycles. The van der Waals surface area contributed by atoms with Crippen LogP contribution in [0.2, 0.25) is 5.02 Å². The summed E-state index contributed by atoms with van der Waals surface area (Å²) in [5.74, 6) is 0.809. The molecule has 3 N–H and O–H groups in total. The fourth-order valence-corrected chi connectivity index (χ4v) is 2.82. The lowest BCUT2D eigenvalue weighted by Gasteiger charge is -2.12. The first-order valence-corrected chi connectivity index (χ1v) is 6.78. The molecule has 1 aromatic rings. The Balaban J connectivity index is 1.97. The third-order valence-corrected chi connectivity index (χ3v) is 3.84. The highest BCUT2D eigenvalue weighted by Crippen LogP contribution is 2.26. The molecular formula is C13H17ClN2S. The zero-order valence-electron chi connectivity index (χ0n) is 9.71. The van der Waals surface area contributed by atoms with Crippen molar-refractivity contribution in [1.82, 2.24) is 0 Å². The molecule has 1 aliphatic carbocycles. The highest BCUT2D eigenvalue weighted by molar-refractivity contribution is 7.80. The van der Waals surface area contributed by atoms with E-state index < -0.39 is 0 Å². The first kappa shape index (κ1) is 12.7. The lowest BCUT2D eigenvalue weighted by molar-refractivity contribution is 0.580. The van der Waals surface area contributed by atoms with Crippen molar-refractivity contribution in [2.45, 2.75) is 25.7 Å². The molecule has 1 aromatic carbocycles. The molecule has 2 nitrogen and oxygen atoms in total. The monoisotopic (exact) mass is 268 g/mol. The van der Waals surface area contributed by atoms with Crippen molar-refractivity contribution in [2.24, 2.45) is 11.7 Å². The Morgan fingerprint density at radius 3 is 2.71 bits per heavy atom. The predicted molar refractivity (Wildman–Crippen MR) is 77.8 cm³/mol. The molecular weight excluding hydrogens is 252 g/mol. The van der Waals surface area contributed by atoms with E-state index >= 15 is 0 Å². The molecule has 0 amide bonds. The normalized spacial score (nSPS) is 16.1. The molecule has 0 saturated heterocycles. The second kappa shape index (κ2) is 5.69. The van der Waals surface area contributed by atoms with E-state index in [1.807, 2.05) is 18.2 Å². The average Bonchev–Trinajstić information content (AvgIpc) is 2.78. The van der Waals surface area contributed by atoms with Crippen LogP contribution in [0.4, 0.5) is 5.69 Å². The third-order valence-electron chi connectivity index (χ3n) is 3.30. The molecule has 17 heavy (non-hydrogen) atoms. The minimum atomic E-state index is 0.345. The van der Waals surface area contributed by atoms with Crippen LogP contribution in [0.15, 0.2) is 18.2 Å². The van der Waals surface area contributed by atoms with E-state index in [2.05, 4.69) is 5.32 Å². The van der Waals surface area contributed by atoms with E-state index in [1.54, 1.807) is 0 Å². The van der Waals surface area contributed by atoms with Crippen LogP contribution in [0.3, 0.4) is 0 Å². The Morgan fingerprint density at radius 1 is 1.41 bits per heavy atom. The van der Waals surface area contributed by atoms with Crippen molar-refractivity contribution in [3.05, 3.63) is 28.8 Å². The van der Waals surface area contributed by atoms with Gasteiger partial charge in [0, 0.05) is 17.8 Å². The second-order valence-electron chi connectivity index (χ2n) is 4.59. The van der Waals surface area contributed by atoms with Crippen molar-refractivity contribution in [3.63, 3.8) is 0 Å². The number of rotatable bonds is 4. The Labute approximate surface area is 113 Å². The predicted octanol–water partition coefficient (Wildman–Crippen LogP) is 3.58. The van der Waals surface area contributed by atoms with Crippen LogP contribution in [0, 0.1) is 5.92 Å². The number of hydrogen-bond acceptors (Lipinski definition) is 2. The largest absolute Gasteiger partial charge is 0.389 e. The average molecular weight is 269 g/mol. The fourth-order valence-electron chi connectivity index (χ4n) is 2.30. The van der Waals surface area contributed by atoms with Crippen molar-refractivity contribution in [1.29, 1.82) is 0 Å². The number of nitrogens with two attached hydrogens (primary N) is 1. The van der Waals surface area contributed by atoms with Crippen molar-refractivity contribution < 1.29 is 0 Å². The van der Waals surface area contributed by atoms with E-state index in [0.717, 1.165) is 23.7 Å². The Hall–Kier alpha value is -0.800. The number of hydrogen-bond donors (Lipinski definition) is 2. The third kappa shape index (κ3) is 3.33. The highest BCUT2D eigenvalue weighted by Gasteiger charge is 2.14. The zero-order chi connectivity index (χ0) is 12.3. The number of benzene rings is 1. The van der Waals surface area contributed by atoms with Gasteiger partial charge in [-0.1, -0.05) is 36.7 Å². The van der Waals surface area contributed by atoms with E-state index in [1.165, 1.54) is 25.7 Å². The van der Waals surface area contributed by atoms with Gasteiger partial charge in [0.05, 0.1) is 5.02 Å². The highest BCUT2D eigenvalue weighted by atomic mass is 35.5. The van der Waals surface area contributed by atoms with Gasteiger partial charge in [-0.25, -0.2) is 0 Å². The van der Waals surface area contributed by atoms with Crippen molar-refractivity contribution in [2.75, 3.05) is 11.9 Å². The first-order chi connectivity index (χ1) is 8.16. The summed E-state index contributed by atoms with van der Waals surface area (Å²) in [5.41, 5.74) is 7.35. The van der Waals surface area contributed by atoms with Gasteiger partial charge in [0.15, 0.2) is 0 Å². The Kier molecular flexibility index (Phi) is 4.24. The van der Waals surface area contributed by atoms with Crippen LogP contribution < -0.4 is 11.1 Å². The first-order valence-electron chi connectivity index (χ1n) is 6.00. The summed E-state index contributed by atoms with van der Waals surface area (Å²) >= 11 is 11.0. The molecule has 2 rings (SSSR count). The van der Waals surface area contributed by atoms with Gasteiger partial charge in [-0.15, -0.1) is 0 Å². The SMILES string of the molecule is NC(=S)c1ccc(NCC2CCCC2)cc1Cl. The molecule has 0 radical (unpaired) electrons. The molecule has 0 aromatic heterocycles. The molecule has 0 aliphatic heterocycles. The van der Waals surface area contributed by atoms with Gasteiger partial charge in [0.25, 0.3) is 0 Å². The smallest absolute Gasteiger partial charge is 0.105 e. The van der Waals surface area contributed by atoms with Crippen molar-refractivity contribution >= 4 is 34.5 Å². The maximum absolute atomic E-state index is 6.11. The molecule has 92 valence electrons. The second-order valence-corrected chi connectivity index (χ2v) is 5.44. The molecule has 1 aliphatic rings. The molecule has 0 spiro atoms. The summed E-state index contributed by atoms with van der Waals surface area (Å²) in [5, 5.41) is 4.04. The maximum Gasteiger partial charge on any atom is 0.105 e. The van der Waals surface area contributed by atoms with Gasteiger partial charge < -0.3 is 11.1 Å². The molecule has 1 saturated carbocycles. The van der Waals surface area contributed by atoms with Crippen LogP contribution in [-0.2, 0) is 0 Å². The summed E-state index contributed by atoms with van der Waals surface area (Å²) in [4.78, 5) is 0.345. The molecule has 4 heteroatoms. The van der Waals surface area contributed by atoms with Crippen molar-refractivity contribution in [3.8, 4) is 0 Å². The van der Waals surface area contributed by atoms with Gasteiger partial charge in [0.1, 0.15) is 4.99 Å². The van der Waals surface area contributed by atoms with Gasteiger partial charge in [-0.05, 0) is 37.0 Å². The summed E-state index contributed by atoms with van der Waals surface area (Å²) < 4.78 is 0. The summed E-state index contributed by atoms with van der Waals surface area (Å²) in [7, 11) is 0. The van der Waals surface area contributed by atoms with E-state index in [0.29, 0.717) is 10.0 Å². The molecule has 0 atom stereocenters. The number of thiocarbonyl (C=S) groups is 1. The summed E-state index contributed by atoms with van der Waals surface area (Å²) in [6, 6.07) is 5.75. The van der Waals surface area contributed by atoms with Gasteiger partial charge in [0.2, 0.25) is 0 Å². The van der Waals surface area contributed by atoms with Crippen LogP contribution in [0.1, 0.15) is 31.2 Å². The van der Waals surface area contributed by atoms with E-state index in [9.17, 15) is 0 Å².